The zero-order valence-corrected chi connectivity index (χ0v) is 14.2. The van der Waals surface area contributed by atoms with Crippen LogP contribution < -0.4 is 10.5 Å². The van der Waals surface area contributed by atoms with E-state index in [-0.39, 0.29) is 0 Å². The molecule has 0 amide bonds. The molecule has 0 aliphatic rings. The first-order valence-electron chi connectivity index (χ1n) is 6.99. The normalized spacial score (nSPS) is 11.1. The number of halogens is 1. The minimum atomic E-state index is 0.391. The van der Waals surface area contributed by atoms with Crippen molar-refractivity contribution in [3.05, 3.63) is 39.9 Å². The van der Waals surface area contributed by atoms with Crippen molar-refractivity contribution in [3.8, 4) is 5.75 Å². The molecule has 0 bridgehead atoms. The van der Waals surface area contributed by atoms with Crippen LogP contribution in [0.1, 0.15) is 30.8 Å². The van der Waals surface area contributed by atoms with Crippen molar-refractivity contribution < 1.29 is 4.74 Å². The Morgan fingerprint density at radius 3 is 2.81 bits per heavy atom. The van der Waals surface area contributed by atoms with E-state index in [4.69, 9.17) is 10.5 Å². The van der Waals surface area contributed by atoms with Gasteiger partial charge in [-0.3, -0.25) is 0 Å². The summed E-state index contributed by atoms with van der Waals surface area (Å²) in [4.78, 5) is 4.27. The molecule has 0 aliphatic carbocycles. The molecular formula is C15H21BrN4O. The number of rotatable bonds is 6. The summed E-state index contributed by atoms with van der Waals surface area (Å²) in [5.41, 5.74) is 7.84. The van der Waals surface area contributed by atoms with E-state index in [1.54, 1.807) is 6.33 Å². The number of aryl methyl sites for hydroxylation is 1. The highest BCUT2D eigenvalue weighted by atomic mass is 79.9. The predicted molar refractivity (Wildman–Crippen MR) is 86.0 cm³/mol. The van der Waals surface area contributed by atoms with Gasteiger partial charge in [-0.25, -0.2) is 9.67 Å². The molecule has 2 rings (SSSR count). The van der Waals surface area contributed by atoms with Crippen molar-refractivity contribution in [2.24, 2.45) is 11.7 Å². The predicted octanol–water partition coefficient (Wildman–Crippen LogP) is 3.04. The lowest BCUT2D eigenvalue weighted by molar-refractivity contribution is 0.278. The SMILES string of the molecule is Cc1cc(Br)cc(CN)c1OCc1ncnn1CC(C)C. The number of hydrogen-bond acceptors (Lipinski definition) is 4. The van der Waals surface area contributed by atoms with Gasteiger partial charge in [0, 0.05) is 23.1 Å². The summed E-state index contributed by atoms with van der Waals surface area (Å²) in [6, 6.07) is 4.01. The molecular weight excluding hydrogens is 332 g/mol. The first-order valence-corrected chi connectivity index (χ1v) is 7.79. The molecule has 0 atom stereocenters. The van der Waals surface area contributed by atoms with Crippen LogP contribution in [-0.4, -0.2) is 14.8 Å². The second kappa shape index (κ2) is 7.04. The standard InChI is InChI=1S/C15H21BrN4O/c1-10(2)7-20-14(18-9-19-20)8-21-15-11(3)4-13(16)5-12(15)6-17/h4-5,9-10H,6-8,17H2,1-3H3. The van der Waals surface area contributed by atoms with Crippen LogP contribution in [0.15, 0.2) is 22.9 Å². The van der Waals surface area contributed by atoms with Gasteiger partial charge in [-0.15, -0.1) is 0 Å². The minimum Gasteiger partial charge on any atom is -0.485 e. The fraction of sp³-hybridized carbons (Fsp3) is 0.467. The summed E-state index contributed by atoms with van der Waals surface area (Å²) >= 11 is 3.48. The Hall–Kier alpha value is -1.40. The van der Waals surface area contributed by atoms with Crippen LogP contribution in [0.25, 0.3) is 0 Å². The summed E-state index contributed by atoms with van der Waals surface area (Å²) in [6.07, 6.45) is 1.57. The second-order valence-electron chi connectivity index (χ2n) is 5.46. The van der Waals surface area contributed by atoms with Gasteiger partial charge in [-0.2, -0.15) is 5.10 Å². The summed E-state index contributed by atoms with van der Waals surface area (Å²) < 4.78 is 8.86. The van der Waals surface area contributed by atoms with Crippen LogP contribution in [0.2, 0.25) is 0 Å². The molecule has 114 valence electrons. The fourth-order valence-corrected chi connectivity index (χ4v) is 2.81. The Bertz CT molecular complexity index is 610. The third kappa shape index (κ3) is 4.04. The van der Waals surface area contributed by atoms with Gasteiger partial charge in [0.2, 0.25) is 0 Å². The first kappa shape index (κ1) is 16.0. The summed E-state index contributed by atoms with van der Waals surface area (Å²) in [5, 5.41) is 4.24. The van der Waals surface area contributed by atoms with Gasteiger partial charge in [0.05, 0.1) is 0 Å². The largest absolute Gasteiger partial charge is 0.485 e. The molecule has 0 spiro atoms. The van der Waals surface area contributed by atoms with Gasteiger partial charge in [-0.05, 0) is 30.5 Å². The Balaban J connectivity index is 2.15. The Labute approximate surface area is 133 Å². The van der Waals surface area contributed by atoms with E-state index in [1.165, 1.54) is 0 Å². The molecule has 1 aromatic heterocycles. The molecule has 5 nitrogen and oxygen atoms in total. The van der Waals surface area contributed by atoms with Gasteiger partial charge in [0.25, 0.3) is 0 Å². The lowest BCUT2D eigenvalue weighted by Gasteiger charge is -2.14. The third-order valence-corrected chi connectivity index (χ3v) is 3.57. The monoisotopic (exact) mass is 352 g/mol. The molecule has 1 aromatic carbocycles. The van der Waals surface area contributed by atoms with Gasteiger partial charge < -0.3 is 10.5 Å². The van der Waals surface area contributed by atoms with Crippen LogP contribution in [0.3, 0.4) is 0 Å². The topological polar surface area (TPSA) is 66.0 Å². The molecule has 21 heavy (non-hydrogen) atoms. The van der Waals surface area contributed by atoms with Crippen LogP contribution >= 0.6 is 15.9 Å². The van der Waals surface area contributed by atoms with Crippen LogP contribution in [0, 0.1) is 12.8 Å². The first-order chi connectivity index (χ1) is 10.0. The van der Waals surface area contributed by atoms with E-state index in [0.717, 1.165) is 33.7 Å². The van der Waals surface area contributed by atoms with E-state index in [2.05, 4.69) is 39.9 Å². The average Bonchev–Trinajstić information content (AvgIpc) is 2.83. The minimum absolute atomic E-state index is 0.391. The molecule has 2 aromatic rings. The van der Waals surface area contributed by atoms with Crippen molar-refractivity contribution in [2.45, 2.75) is 40.5 Å². The lowest BCUT2D eigenvalue weighted by atomic mass is 10.1. The smallest absolute Gasteiger partial charge is 0.164 e. The summed E-state index contributed by atoms with van der Waals surface area (Å²) in [5.74, 6) is 2.17. The Kier molecular flexibility index (Phi) is 5.36. The maximum absolute atomic E-state index is 5.96. The number of hydrogen-bond donors (Lipinski definition) is 1. The van der Waals surface area contributed by atoms with Gasteiger partial charge in [0.1, 0.15) is 18.7 Å². The van der Waals surface area contributed by atoms with Crippen LogP contribution in [0.5, 0.6) is 5.75 Å². The van der Waals surface area contributed by atoms with Crippen molar-refractivity contribution in [1.29, 1.82) is 0 Å². The lowest BCUT2D eigenvalue weighted by Crippen LogP contribution is -2.13. The van der Waals surface area contributed by atoms with Crippen molar-refractivity contribution in [1.82, 2.24) is 14.8 Å². The van der Waals surface area contributed by atoms with E-state index in [0.29, 0.717) is 19.1 Å². The second-order valence-corrected chi connectivity index (χ2v) is 6.37. The summed E-state index contributed by atoms with van der Waals surface area (Å²) in [6.45, 7) is 7.98. The third-order valence-electron chi connectivity index (χ3n) is 3.12. The maximum atomic E-state index is 5.96. The molecule has 0 radical (unpaired) electrons. The number of nitrogens with zero attached hydrogens (tertiary/aromatic N) is 3. The number of nitrogens with two attached hydrogens (primary N) is 1. The van der Waals surface area contributed by atoms with E-state index < -0.39 is 0 Å². The van der Waals surface area contributed by atoms with Gasteiger partial charge >= 0.3 is 0 Å². The van der Waals surface area contributed by atoms with Gasteiger partial charge in [-0.1, -0.05) is 29.8 Å². The van der Waals surface area contributed by atoms with Crippen molar-refractivity contribution >= 4 is 15.9 Å². The van der Waals surface area contributed by atoms with Crippen LogP contribution in [0.4, 0.5) is 0 Å². The molecule has 0 saturated heterocycles. The van der Waals surface area contributed by atoms with Crippen molar-refractivity contribution in [2.75, 3.05) is 0 Å². The van der Waals surface area contributed by atoms with E-state index in [1.807, 2.05) is 23.7 Å². The zero-order valence-electron chi connectivity index (χ0n) is 12.6. The summed E-state index contributed by atoms with van der Waals surface area (Å²) in [7, 11) is 0. The molecule has 6 heteroatoms. The molecule has 2 N–H and O–H groups in total. The van der Waals surface area contributed by atoms with Crippen LogP contribution in [-0.2, 0) is 19.7 Å². The highest BCUT2D eigenvalue weighted by Gasteiger charge is 2.11. The number of benzene rings is 1. The highest BCUT2D eigenvalue weighted by Crippen LogP contribution is 2.28. The number of aromatic nitrogens is 3. The zero-order chi connectivity index (χ0) is 15.4. The fourth-order valence-electron chi connectivity index (χ4n) is 2.19. The highest BCUT2D eigenvalue weighted by molar-refractivity contribution is 9.10. The quantitative estimate of drug-likeness (QED) is 0.867. The van der Waals surface area contributed by atoms with Gasteiger partial charge in [0.15, 0.2) is 5.82 Å². The number of ether oxygens (including phenoxy) is 1. The molecule has 0 aliphatic heterocycles. The van der Waals surface area contributed by atoms with E-state index in [9.17, 15) is 0 Å². The molecule has 1 heterocycles. The average molecular weight is 353 g/mol. The molecule has 0 saturated carbocycles. The molecule has 0 unspecified atom stereocenters. The van der Waals surface area contributed by atoms with Crippen molar-refractivity contribution in [3.63, 3.8) is 0 Å². The Morgan fingerprint density at radius 1 is 1.38 bits per heavy atom. The van der Waals surface area contributed by atoms with E-state index >= 15 is 0 Å². The maximum Gasteiger partial charge on any atom is 0.164 e. The molecule has 0 fully saturated rings. The Morgan fingerprint density at radius 2 is 2.14 bits per heavy atom.